The molecule has 1 heterocycles. The Morgan fingerprint density at radius 3 is 2.68 bits per heavy atom. The zero-order valence-electron chi connectivity index (χ0n) is 14.7. The molecule has 0 aliphatic rings. The van der Waals surface area contributed by atoms with Gasteiger partial charge < -0.3 is 5.32 Å². The molecule has 2 aromatic carbocycles. The van der Waals surface area contributed by atoms with Crippen molar-refractivity contribution in [3.05, 3.63) is 76.8 Å². The number of nitrogens with zero attached hydrogens (tertiary/aromatic N) is 2. The van der Waals surface area contributed by atoms with Crippen LogP contribution >= 0.6 is 0 Å². The van der Waals surface area contributed by atoms with Crippen LogP contribution in [0.3, 0.4) is 0 Å². The number of aryl methyl sites for hydroxylation is 2. The molecular formula is C21H25N3O. The lowest BCUT2D eigenvalue weighted by atomic mass is 10.1. The first-order valence-corrected chi connectivity index (χ1v) is 8.95. The van der Waals surface area contributed by atoms with Crippen molar-refractivity contribution in [2.75, 3.05) is 6.54 Å². The lowest BCUT2D eigenvalue weighted by Crippen LogP contribution is -2.30. The fourth-order valence-corrected chi connectivity index (χ4v) is 2.99. The Kier molecular flexibility index (Phi) is 5.96. The maximum absolute atomic E-state index is 12.5. The van der Waals surface area contributed by atoms with Crippen LogP contribution in [0.4, 0.5) is 0 Å². The SMILES string of the molecule is CC(CCn1cnc2ccccc2c1=O)NCCCc1ccccc1. The molecule has 0 aliphatic carbocycles. The summed E-state index contributed by atoms with van der Waals surface area (Å²) in [7, 11) is 0. The largest absolute Gasteiger partial charge is 0.314 e. The van der Waals surface area contributed by atoms with Crippen LogP contribution in [0.5, 0.6) is 0 Å². The Bertz CT molecular complexity index is 858. The minimum Gasteiger partial charge on any atom is -0.314 e. The summed E-state index contributed by atoms with van der Waals surface area (Å²) in [4.78, 5) is 16.8. The van der Waals surface area contributed by atoms with Crippen molar-refractivity contribution >= 4 is 10.9 Å². The molecule has 4 heteroatoms. The minimum absolute atomic E-state index is 0.0434. The maximum atomic E-state index is 12.5. The Morgan fingerprint density at radius 2 is 1.84 bits per heavy atom. The summed E-state index contributed by atoms with van der Waals surface area (Å²) in [5.74, 6) is 0. The molecule has 1 atom stereocenters. The standard InChI is InChI=1S/C21H25N3O/c1-17(22-14-7-10-18-8-3-2-4-9-18)13-15-24-16-23-20-12-6-5-11-19(20)21(24)25/h2-6,8-9,11-12,16-17,22H,7,10,13-15H2,1H3. The summed E-state index contributed by atoms with van der Waals surface area (Å²) < 4.78 is 1.71. The van der Waals surface area contributed by atoms with Crippen LogP contribution in [0.1, 0.15) is 25.3 Å². The van der Waals surface area contributed by atoms with Crippen molar-refractivity contribution in [3.63, 3.8) is 0 Å². The Hall–Kier alpha value is -2.46. The van der Waals surface area contributed by atoms with Crippen molar-refractivity contribution in [1.82, 2.24) is 14.9 Å². The van der Waals surface area contributed by atoms with Gasteiger partial charge in [-0.05, 0) is 50.4 Å². The average molecular weight is 335 g/mol. The van der Waals surface area contributed by atoms with E-state index in [-0.39, 0.29) is 5.56 Å². The van der Waals surface area contributed by atoms with E-state index in [0.717, 1.165) is 31.3 Å². The van der Waals surface area contributed by atoms with Gasteiger partial charge in [-0.3, -0.25) is 9.36 Å². The van der Waals surface area contributed by atoms with Crippen molar-refractivity contribution in [1.29, 1.82) is 0 Å². The predicted octanol–water partition coefficient (Wildman–Crippen LogP) is 3.40. The highest BCUT2D eigenvalue weighted by Crippen LogP contribution is 2.06. The molecule has 130 valence electrons. The lowest BCUT2D eigenvalue weighted by molar-refractivity contribution is 0.466. The van der Waals surface area contributed by atoms with Crippen LogP contribution in [0.2, 0.25) is 0 Å². The van der Waals surface area contributed by atoms with E-state index in [0.29, 0.717) is 18.0 Å². The summed E-state index contributed by atoms with van der Waals surface area (Å²) in [6.07, 6.45) is 4.78. The summed E-state index contributed by atoms with van der Waals surface area (Å²) in [5, 5.41) is 4.23. The van der Waals surface area contributed by atoms with Gasteiger partial charge in [0.1, 0.15) is 0 Å². The van der Waals surface area contributed by atoms with E-state index >= 15 is 0 Å². The van der Waals surface area contributed by atoms with Gasteiger partial charge >= 0.3 is 0 Å². The predicted molar refractivity (Wildman–Crippen MR) is 103 cm³/mol. The molecule has 25 heavy (non-hydrogen) atoms. The van der Waals surface area contributed by atoms with E-state index in [1.807, 2.05) is 30.3 Å². The molecule has 0 amide bonds. The lowest BCUT2D eigenvalue weighted by Gasteiger charge is -2.14. The summed E-state index contributed by atoms with van der Waals surface area (Å²) >= 11 is 0. The van der Waals surface area contributed by atoms with Crippen LogP contribution in [0.15, 0.2) is 65.7 Å². The quantitative estimate of drug-likeness (QED) is 0.642. The van der Waals surface area contributed by atoms with Crippen molar-refractivity contribution in [2.24, 2.45) is 0 Å². The van der Waals surface area contributed by atoms with E-state index in [9.17, 15) is 4.79 Å². The first-order valence-electron chi connectivity index (χ1n) is 8.95. The summed E-state index contributed by atoms with van der Waals surface area (Å²) in [6.45, 7) is 3.84. The van der Waals surface area contributed by atoms with Crippen LogP contribution in [-0.2, 0) is 13.0 Å². The molecule has 0 radical (unpaired) electrons. The number of nitrogens with one attached hydrogen (secondary N) is 1. The third-order valence-electron chi connectivity index (χ3n) is 4.51. The van der Waals surface area contributed by atoms with Gasteiger partial charge in [0.05, 0.1) is 17.2 Å². The molecule has 1 unspecified atom stereocenters. The number of benzene rings is 2. The van der Waals surface area contributed by atoms with Gasteiger partial charge in [-0.25, -0.2) is 4.98 Å². The Morgan fingerprint density at radius 1 is 1.08 bits per heavy atom. The number of hydrogen-bond donors (Lipinski definition) is 1. The third kappa shape index (κ3) is 4.77. The average Bonchev–Trinajstić information content (AvgIpc) is 2.66. The van der Waals surface area contributed by atoms with Gasteiger partial charge in [0.15, 0.2) is 0 Å². The van der Waals surface area contributed by atoms with Gasteiger partial charge in [-0.1, -0.05) is 42.5 Å². The highest BCUT2D eigenvalue weighted by atomic mass is 16.1. The minimum atomic E-state index is 0.0434. The molecule has 3 rings (SSSR count). The summed E-state index contributed by atoms with van der Waals surface area (Å²) in [5.41, 5.74) is 2.18. The van der Waals surface area contributed by atoms with Gasteiger partial charge in [0, 0.05) is 12.6 Å². The zero-order valence-corrected chi connectivity index (χ0v) is 14.7. The molecule has 4 nitrogen and oxygen atoms in total. The van der Waals surface area contributed by atoms with E-state index in [1.165, 1.54) is 5.56 Å². The molecule has 0 saturated heterocycles. The third-order valence-corrected chi connectivity index (χ3v) is 4.51. The number of fused-ring (bicyclic) bond motifs is 1. The first kappa shape index (κ1) is 17.4. The molecule has 1 N–H and O–H groups in total. The normalized spacial score (nSPS) is 12.4. The number of aromatic nitrogens is 2. The van der Waals surface area contributed by atoms with Gasteiger partial charge in [0.2, 0.25) is 0 Å². The monoisotopic (exact) mass is 335 g/mol. The fourth-order valence-electron chi connectivity index (χ4n) is 2.99. The van der Waals surface area contributed by atoms with Crippen LogP contribution in [0, 0.1) is 0 Å². The first-order chi connectivity index (χ1) is 12.2. The van der Waals surface area contributed by atoms with Gasteiger partial charge in [0.25, 0.3) is 5.56 Å². The number of hydrogen-bond acceptors (Lipinski definition) is 3. The smallest absolute Gasteiger partial charge is 0.261 e. The molecule has 0 spiro atoms. The Labute approximate surface area is 148 Å². The number of rotatable bonds is 8. The van der Waals surface area contributed by atoms with Crippen LogP contribution in [-0.4, -0.2) is 22.1 Å². The second kappa shape index (κ2) is 8.58. The highest BCUT2D eigenvalue weighted by molar-refractivity contribution is 5.76. The highest BCUT2D eigenvalue weighted by Gasteiger charge is 2.06. The van der Waals surface area contributed by atoms with E-state index < -0.39 is 0 Å². The Balaban J connectivity index is 1.45. The summed E-state index contributed by atoms with van der Waals surface area (Å²) in [6, 6.07) is 18.4. The molecule has 0 saturated carbocycles. The van der Waals surface area contributed by atoms with E-state index in [1.54, 1.807) is 10.9 Å². The van der Waals surface area contributed by atoms with Crippen LogP contribution < -0.4 is 10.9 Å². The van der Waals surface area contributed by atoms with E-state index in [2.05, 4.69) is 41.5 Å². The molecule has 3 aromatic rings. The molecule has 0 aliphatic heterocycles. The molecule has 1 aromatic heterocycles. The maximum Gasteiger partial charge on any atom is 0.261 e. The van der Waals surface area contributed by atoms with Crippen molar-refractivity contribution < 1.29 is 0 Å². The molecule has 0 bridgehead atoms. The topological polar surface area (TPSA) is 46.9 Å². The van der Waals surface area contributed by atoms with Crippen LogP contribution in [0.25, 0.3) is 10.9 Å². The van der Waals surface area contributed by atoms with E-state index in [4.69, 9.17) is 0 Å². The second-order valence-corrected chi connectivity index (χ2v) is 6.49. The zero-order chi connectivity index (χ0) is 17.5. The second-order valence-electron chi connectivity index (χ2n) is 6.49. The van der Waals surface area contributed by atoms with Crippen molar-refractivity contribution in [3.8, 4) is 0 Å². The van der Waals surface area contributed by atoms with Gasteiger partial charge in [-0.2, -0.15) is 0 Å². The molecule has 0 fully saturated rings. The van der Waals surface area contributed by atoms with Gasteiger partial charge in [-0.15, -0.1) is 0 Å². The fraction of sp³-hybridized carbons (Fsp3) is 0.333. The van der Waals surface area contributed by atoms with Crippen molar-refractivity contribution in [2.45, 2.75) is 38.8 Å². The molecular weight excluding hydrogens is 310 g/mol. The number of para-hydroxylation sites is 1.